The molecular formula is C24H19F6N7O2. The van der Waals surface area contributed by atoms with E-state index in [-0.39, 0.29) is 29.7 Å². The second kappa shape index (κ2) is 8.49. The van der Waals surface area contributed by atoms with Crippen LogP contribution >= 0.6 is 0 Å². The predicted octanol–water partition coefficient (Wildman–Crippen LogP) is 3.67. The maximum absolute atomic E-state index is 14.9. The number of fused-ring (bicyclic) bond motifs is 1. The third kappa shape index (κ3) is 4.30. The number of rotatable bonds is 3. The quantitative estimate of drug-likeness (QED) is 0.284. The first-order chi connectivity index (χ1) is 18.3. The highest BCUT2D eigenvalue weighted by molar-refractivity contribution is 5.89. The van der Waals surface area contributed by atoms with E-state index in [1.165, 1.54) is 0 Å². The Kier molecular flexibility index (Phi) is 5.51. The minimum Gasteiger partial charge on any atom is -0.363 e. The first-order valence-corrected chi connectivity index (χ1v) is 11.8. The zero-order chi connectivity index (χ0) is 27.9. The molecule has 1 atom stereocenters. The van der Waals surface area contributed by atoms with Crippen molar-refractivity contribution in [2.75, 3.05) is 18.0 Å². The van der Waals surface area contributed by atoms with Crippen LogP contribution in [0.2, 0.25) is 0 Å². The zero-order valence-electron chi connectivity index (χ0n) is 20.4. The smallest absolute Gasteiger partial charge is 0.363 e. The molecule has 4 aromatic rings. The standard InChI is InChI=1S/C24H19F6N7O2/c1-35-8-11(7-31-35)16-9-37(10-23(39-16)3-4-23)22-33-17(12-5-14(26)15(27)6-13(12)25)18-19(34-22)20(38)36(2)21(32-18)24(28,29)30/h5-8,16H,3-4,9-10H2,1-2H3/t16-/m1/s1. The summed E-state index contributed by atoms with van der Waals surface area (Å²) >= 11 is 0. The Labute approximate surface area is 215 Å². The largest absolute Gasteiger partial charge is 0.449 e. The number of nitrogens with zero attached hydrogens (tertiary/aromatic N) is 7. The first kappa shape index (κ1) is 25.3. The molecule has 3 aromatic heterocycles. The first-order valence-electron chi connectivity index (χ1n) is 11.8. The Bertz CT molecular complexity index is 1700. The maximum Gasteiger partial charge on any atom is 0.449 e. The number of aromatic nitrogens is 6. The number of benzene rings is 1. The van der Waals surface area contributed by atoms with Crippen LogP contribution in [0.5, 0.6) is 0 Å². The molecule has 0 N–H and O–H groups in total. The van der Waals surface area contributed by atoms with Crippen molar-refractivity contribution in [2.45, 2.75) is 30.7 Å². The van der Waals surface area contributed by atoms with Crippen molar-refractivity contribution >= 4 is 17.0 Å². The third-order valence-corrected chi connectivity index (χ3v) is 6.88. The van der Waals surface area contributed by atoms with Gasteiger partial charge in [0.15, 0.2) is 17.2 Å². The summed E-state index contributed by atoms with van der Waals surface area (Å²) in [4.78, 5) is 26.8. The van der Waals surface area contributed by atoms with Crippen LogP contribution in [-0.2, 0) is 25.0 Å². The molecular weight excluding hydrogens is 532 g/mol. The van der Waals surface area contributed by atoms with Crippen molar-refractivity contribution in [1.82, 2.24) is 29.3 Å². The molecule has 39 heavy (non-hydrogen) atoms. The highest BCUT2D eigenvalue weighted by Gasteiger charge is 2.51. The fourth-order valence-electron chi connectivity index (χ4n) is 4.76. The molecule has 6 rings (SSSR count). The van der Waals surface area contributed by atoms with Gasteiger partial charge >= 0.3 is 6.18 Å². The molecule has 15 heteroatoms. The lowest BCUT2D eigenvalue weighted by Gasteiger charge is -2.38. The van der Waals surface area contributed by atoms with E-state index >= 15 is 0 Å². The number of ether oxygens (including phenoxy) is 1. The van der Waals surface area contributed by atoms with E-state index in [0.717, 1.165) is 25.5 Å². The molecule has 1 aromatic carbocycles. The SMILES string of the molecule is Cn1cc([C@H]2CN(c3nc(-c4cc(F)c(F)cc4F)c4nc(C(F)(F)F)n(C)c(=O)c4n3)CC3(CC3)O2)cn1. The average molecular weight is 551 g/mol. The summed E-state index contributed by atoms with van der Waals surface area (Å²) in [7, 11) is 2.62. The van der Waals surface area contributed by atoms with E-state index in [1.54, 1.807) is 29.0 Å². The highest BCUT2D eigenvalue weighted by atomic mass is 19.4. The van der Waals surface area contributed by atoms with Crippen molar-refractivity contribution in [3.63, 3.8) is 0 Å². The van der Waals surface area contributed by atoms with Gasteiger partial charge in [-0.1, -0.05) is 0 Å². The molecule has 0 amide bonds. The summed E-state index contributed by atoms with van der Waals surface area (Å²) in [5, 5.41) is 4.16. The number of hydrogen-bond acceptors (Lipinski definition) is 7. The third-order valence-electron chi connectivity index (χ3n) is 6.88. The fourth-order valence-corrected chi connectivity index (χ4v) is 4.76. The van der Waals surface area contributed by atoms with Gasteiger partial charge in [0.2, 0.25) is 11.8 Å². The van der Waals surface area contributed by atoms with Gasteiger partial charge in [-0.15, -0.1) is 0 Å². The summed E-state index contributed by atoms with van der Waals surface area (Å²) in [5.41, 5.74) is -3.44. The van der Waals surface area contributed by atoms with Gasteiger partial charge < -0.3 is 9.64 Å². The van der Waals surface area contributed by atoms with Gasteiger partial charge in [-0.05, 0) is 18.9 Å². The minimum absolute atomic E-state index is 0.122. The summed E-state index contributed by atoms with van der Waals surface area (Å²) in [6, 6.07) is 0.707. The number of hydrogen-bond donors (Lipinski definition) is 0. The Morgan fingerprint density at radius 3 is 2.36 bits per heavy atom. The molecule has 0 bridgehead atoms. The Morgan fingerprint density at radius 2 is 1.72 bits per heavy atom. The summed E-state index contributed by atoms with van der Waals surface area (Å²) in [5.74, 6) is -5.97. The molecule has 0 unspecified atom stereocenters. The van der Waals surface area contributed by atoms with Gasteiger partial charge in [-0.3, -0.25) is 14.0 Å². The lowest BCUT2D eigenvalue weighted by Crippen LogP contribution is -2.46. The number of morpholine rings is 1. The molecule has 9 nitrogen and oxygen atoms in total. The zero-order valence-corrected chi connectivity index (χ0v) is 20.4. The molecule has 2 fully saturated rings. The highest BCUT2D eigenvalue weighted by Crippen LogP contribution is 2.47. The molecule has 1 saturated heterocycles. The van der Waals surface area contributed by atoms with Gasteiger partial charge in [0.25, 0.3) is 5.56 Å². The minimum atomic E-state index is -5.05. The lowest BCUT2D eigenvalue weighted by atomic mass is 10.1. The van der Waals surface area contributed by atoms with Crippen LogP contribution in [0.15, 0.2) is 29.3 Å². The second-order valence-electron chi connectivity index (χ2n) is 9.73. The van der Waals surface area contributed by atoms with E-state index in [9.17, 15) is 31.1 Å². The van der Waals surface area contributed by atoms with E-state index in [0.29, 0.717) is 6.07 Å². The van der Waals surface area contributed by atoms with Crippen LogP contribution in [0.3, 0.4) is 0 Å². The number of aryl methyl sites for hydroxylation is 1. The van der Waals surface area contributed by atoms with E-state index in [2.05, 4.69) is 20.1 Å². The fraction of sp³-hybridized carbons (Fsp3) is 0.375. The van der Waals surface area contributed by atoms with Crippen molar-refractivity contribution in [2.24, 2.45) is 14.1 Å². The number of anilines is 1. The second-order valence-corrected chi connectivity index (χ2v) is 9.73. The molecule has 1 aliphatic heterocycles. The normalized spacial score (nSPS) is 18.8. The Morgan fingerprint density at radius 1 is 1.00 bits per heavy atom. The van der Waals surface area contributed by atoms with Crippen LogP contribution < -0.4 is 10.5 Å². The Hall–Kier alpha value is -4.01. The van der Waals surface area contributed by atoms with Crippen LogP contribution in [0.25, 0.3) is 22.3 Å². The predicted molar refractivity (Wildman–Crippen MR) is 124 cm³/mol. The maximum atomic E-state index is 14.9. The van der Waals surface area contributed by atoms with Crippen LogP contribution in [0, 0.1) is 17.5 Å². The van der Waals surface area contributed by atoms with Crippen LogP contribution in [-0.4, -0.2) is 48.0 Å². The van der Waals surface area contributed by atoms with Gasteiger partial charge in [-0.25, -0.2) is 28.1 Å². The summed E-state index contributed by atoms with van der Waals surface area (Å²) < 4.78 is 92.0. The molecule has 204 valence electrons. The topological polar surface area (TPSA) is 91.0 Å². The van der Waals surface area contributed by atoms with E-state index < -0.39 is 69.0 Å². The monoisotopic (exact) mass is 551 g/mol. The van der Waals surface area contributed by atoms with Gasteiger partial charge in [0.05, 0.1) is 24.9 Å². The average Bonchev–Trinajstić information content (AvgIpc) is 3.45. The Balaban J connectivity index is 1.58. The molecule has 2 aliphatic rings. The van der Waals surface area contributed by atoms with Gasteiger partial charge in [0, 0.05) is 37.5 Å². The molecule has 4 heterocycles. The molecule has 1 saturated carbocycles. The van der Waals surface area contributed by atoms with Crippen molar-refractivity contribution in [3.05, 3.63) is 63.7 Å². The van der Waals surface area contributed by atoms with Crippen molar-refractivity contribution < 1.29 is 31.1 Å². The van der Waals surface area contributed by atoms with Gasteiger partial charge in [-0.2, -0.15) is 18.3 Å². The molecule has 1 spiro atoms. The molecule has 0 radical (unpaired) electrons. The molecule has 1 aliphatic carbocycles. The number of alkyl halides is 3. The lowest BCUT2D eigenvalue weighted by molar-refractivity contribution is -0.147. The van der Waals surface area contributed by atoms with Crippen LogP contribution in [0.1, 0.15) is 30.3 Å². The van der Waals surface area contributed by atoms with E-state index in [1.807, 2.05) is 0 Å². The van der Waals surface area contributed by atoms with Crippen molar-refractivity contribution in [1.29, 1.82) is 0 Å². The van der Waals surface area contributed by atoms with E-state index in [4.69, 9.17) is 4.74 Å². The van der Waals surface area contributed by atoms with Crippen molar-refractivity contribution in [3.8, 4) is 11.3 Å². The summed E-state index contributed by atoms with van der Waals surface area (Å²) in [6.07, 6.45) is -0.693. The van der Waals surface area contributed by atoms with Gasteiger partial charge in [0.1, 0.15) is 23.1 Å². The number of halogens is 6. The van der Waals surface area contributed by atoms with Crippen LogP contribution in [0.4, 0.5) is 32.3 Å². The summed E-state index contributed by atoms with van der Waals surface area (Å²) in [6.45, 7) is 0.455.